The van der Waals surface area contributed by atoms with Gasteiger partial charge in [0.1, 0.15) is 22.8 Å². The molecule has 2 fully saturated rings. The second-order valence-electron chi connectivity index (χ2n) is 13.5. The zero-order valence-corrected chi connectivity index (χ0v) is 25.1. The molecule has 1 aromatic carbocycles. The Kier molecular flexibility index (Phi) is 6.76. The fourth-order valence-corrected chi connectivity index (χ4v) is 9.29. The van der Waals surface area contributed by atoms with Crippen LogP contribution in [0, 0.1) is 17.8 Å². The van der Waals surface area contributed by atoms with Crippen LogP contribution in [0.4, 0.5) is 18.9 Å². The number of carbonyl (C=O) groups is 3. The van der Waals surface area contributed by atoms with Crippen LogP contribution in [0.5, 0.6) is 11.5 Å². The molecule has 3 unspecified atom stereocenters. The summed E-state index contributed by atoms with van der Waals surface area (Å²) in [6.07, 6.45) is -2.18. The van der Waals surface area contributed by atoms with Gasteiger partial charge in [-0.25, -0.2) is 0 Å². The topological polar surface area (TPSA) is 186 Å². The van der Waals surface area contributed by atoms with Crippen LogP contribution in [0.1, 0.15) is 59.6 Å². The van der Waals surface area contributed by atoms with Crippen LogP contribution in [0.2, 0.25) is 0 Å². The second-order valence-corrected chi connectivity index (χ2v) is 13.5. The number of anilines is 1. The van der Waals surface area contributed by atoms with Crippen molar-refractivity contribution in [2.45, 2.75) is 68.6 Å². The van der Waals surface area contributed by atoms with E-state index in [4.69, 9.17) is 10.5 Å². The zero-order valence-electron chi connectivity index (χ0n) is 25.1. The number of Topliss-reactive ketones (excluding diaryl/α,β-unsaturated/α-hetero) is 2. The molecule has 0 aromatic heterocycles. The number of ketones is 2. The monoisotopic (exact) mass is 648 g/mol. The number of allylic oxidation sites excluding steroid dienone is 1. The molecule has 12 nitrogen and oxygen atoms in total. The van der Waals surface area contributed by atoms with Crippen LogP contribution in [0.15, 0.2) is 22.7 Å². The van der Waals surface area contributed by atoms with Gasteiger partial charge in [-0.3, -0.25) is 24.2 Å². The Morgan fingerprint density at radius 1 is 1.15 bits per heavy atom. The predicted octanol–water partition coefficient (Wildman–Crippen LogP) is 2.36. The number of alkyl halides is 3. The normalized spacial score (nSPS) is 33.9. The number of phenols is 1. The van der Waals surface area contributed by atoms with E-state index in [1.54, 1.807) is 0 Å². The molecule has 15 heteroatoms. The molecular weight excluding hydrogens is 613 g/mol. The molecule has 7 N–H and O–H groups in total. The van der Waals surface area contributed by atoms with Gasteiger partial charge in [-0.15, -0.1) is 13.2 Å². The number of fused-ring (bicyclic) bond motifs is 8. The van der Waals surface area contributed by atoms with Crippen molar-refractivity contribution in [3.8, 4) is 11.5 Å². The van der Waals surface area contributed by atoms with Crippen LogP contribution in [0.3, 0.4) is 0 Å². The number of ether oxygens (including phenoxy) is 1. The molecule has 6 aliphatic rings. The number of piperidine rings is 1. The van der Waals surface area contributed by atoms with E-state index in [2.05, 4.69) is 10.2 Å². The first kappa shape index (κ1) is 30.8. The number of primary amides is 1. The lowest BCUT2D eigenvalue weighted by Crippen LogP contribution is -2.63. The number of aliphatic hydroxyl groups is 3. The number of hydrogen-bond donors (Lipinski definition) is 6. The van der Waals surface area contributed by atoms with E-state index in [1.165, 1.54) is 19.0 Å². The summed E-state index contributed by atoms with van der Waals surface area (Å²) in [6, 6.07) is -1.56. The van der Waals surface area contributed by atoms with Crippen molar-refractivity contribution in [1.82, 2.24) is 9.80 Å². The Morgan fingerprint density at radius 2 is 1.87 bits per heavy atom. The van der Waals surface area contributed by atoms with Gasteiger partial charge in [0.15, 0.2) is 17.1 Å². The highest BCUT2D eigenvalue weighted by atomic mass is 19.4. The number of benzene rings is 1. The lowest BCUT2D eigenvalue weighted by Gasteiger charge is -2.50. The highest BCUT2D eigenvalue weighted by Crippen LogP contribution is 2.60. The second kappa shape index (κ2) is 10.1. The maximum absolute atomic E-state index is 14.2. The zero-order chi connectivity index (χ0) is 33.2. The van der Waals surface area contributed by atoms with Crippen LogP contribution >= 0.6 is 0 Å². The van der Waals surface area contributed by atoms with Gasteiger partial charge in [0.25, 0.3) is 5.91 Å². The Morgan fingerprint density at radius 3 is 2.52 bits per heavy atom. The molecule has 7 atom stereocenters. The highest BCUT2D eigenvalue weighted by Gasteiger charge is 2.64. The third-order valence-corrected chi connectivity index (χ3v) is 11.0. The summed E-state index contributed by atoms with van der Waals surface area (Å²) < 4.78 is 47.2. The molecule has 1 aromatic rings. The van der Waals surface area contributed by atoms with Gasteiger partial charge < -0.3 is 36.2 Å². The summed E-state index contributed by atoms with van der Waals surface area (Å²) in [5.41, 5.74) is 0.459. The fraction of sp³-hybridized carbons (Fsp3) is 0.581. The van der Waals surface area contributed by atoms with E-state index in [0.29, 0.717) is 13.1 Å². The summed E-state index contributed by atoms with van der Waals surface area (Å²) in [4.78, 5) is 43.5. The molecule has 46 heavy (non-hydrogen) atoms. The Balaban J connectivity index is 1.44. The Hall–Kier alpha value is -3.82. The molecule has 0 radical (unpaired) electrons. The number of aromatic hydroxyl groups is 1. The van der Waals surface area contributed by atoms with Gasteiger partial charge in [0.2, 0.25) is 5.78 Å². The maximum atomic E-state index is 14.2. The lowest BCUT2D eigenvalue weighted by molar-refractivity contribution is -0.275. The molecule has 3 aliphatic heterocycles. The van der Waals surface area contributed by atoms with Crippen LogP contribution in [-0.4, -0.2) is 98.9 Å². The summed E-state index contributed by atoms with van der Waals surface area (Å²) in [5, 5.41) is 49.0. The molecule has 1 amide bonds. The largest absolute Gasteiger partial charge is 0.573 e. The van der Waals surface area contributed by atoms with Crippen molar-refractivity contribution >= 4 is 23.2 Å². The Bertz CT molecular complexity index is 1650. The molecule has 7 rings (SSSR count). The van der Waals surface area contributed by atoms with Crippen molar-refractivity contribution in [2.24, 2.45) is 23.5 Å². The SMILES string of the molecule is CN(C)[C@H]1C(O)=C(C(N)=O)C(=O)[C@]2(O)C(O)=C3C(=O)c4c(O)c5c(c(OC(F)(F)F)c4C[C@@H]3C[C@H]12)C1C(CN5)CC2CCCCN21. The van der Waals surface area contributed by atoms with Crippen molar-refractivity contribution in [3.05, 3.63) is 39.4 Å². The van der Waals surface area contributed by atoms with Gasteiger partial charge in [0.05, 0.1) is 17.3 Å². The third kappa shape index (κ3) is 4.06. The fourth-order valence-electron chi connectivity index (χ4n) is 9.29. The van der Waals surface area contributed by atoms with Crippen molar-refractivity contribution in [1.29, 1.82) is 0 Å². The number of halogens is 3. The first-order chi connectivity index (χ1) is 21.6. The molecule has 0 spiro atoms. The standard InChI is InChI=1S/C31H35F3N4O8/c1-37(2)22-15-9-11-8-14-17(23(39)16(11)27(42)30(15,45)28(43)19(25(22)41)29(35)44)24(40)20-18(26(14)46-31(32,33)34)21-12(10-36-20)7-13-5-3-4-6-38(13)21/h11-13,15,21-22,36,40-42,45H,3-10H2,1-2H3,(H2,35,44)/t11-,12?,13?,15-,21?,22-,30-/m1/s1. The number of likely N-dealkylation sites (N-methyl/N-ethyl adjacent to an activating group) is 1. The average molecular weight is 649 g/mol. The van der Waals surface area contributed by atoms with Crippen LogP contribution in [-0.2, 0) is 16.0 Å². The molecule has 0 saturated carbocycles. The van der Waals surface area contributed by atoms with Crippen molar-refractivity contribution < 1.29 is 52.7 Å². The number of carbonyl (C=O) groups excluding carboxylic acids is 3. The number of hydrogen-bond acceptors (Lipinski definition) is 11. The maximum Gasteiger partial charge on any atom is 0.573 e. The van der Waals surface area contributed by atoms with Crippen LogP contribution < -0.4 is 15.8 Å². The van der Waals surface area contributed by atoms with E-state index in [0.717, 1.165) is 25.7 Å². The first-order valence-corrected chi connectivity index (χ1v) is 15.4. The van der Waals surface area contributed by atoms with E-state index >= 15 is 0 Å². The molecule has 2 saturated heterocycles. The number of nitrogens with one attached hydrogen (secondary N) is 1. The van der Waals surface area contributed by atoms with E-state index in [1.807, 2.05) is 0 Å². The molecule has 248 valence electrons. The van der Waals surface area contributed by atoms with Gasteiger partial charge in [-0.2, -0.15) is 0 Å². The minimum atomic E-state index is -5.15. The molecular formula is C31H35F3N4O8. The lowest BCUT2D eigenvalue weighted by atomic mass is 9.58. The summed E-state index contributed by atoms with van der Waals surface area (Å²) >= 11 is 0. The van der Waals surface area contributed by atoms with E-state index in [9.17, 15) is 48.0 Å². The predicted molar refractivity (Wildman–Crippen MR) is 154 cm³/mol. The van der Waals surface area contributed by atoms with Crippen molar-refractivity contribution in [2.75, 3.05) is 32.5 Å². The summed E-state index contributed by atoms with van der Waals surface area (Å²) in [7, 11) is 2.98. The molecule has 3 aliphatic carbocycles. The number of aliphatic hydroxyl groups excluding tert-OH is 2. The van der Waals surface area contributed by atoms with Gasteiger partial charge in [0, 0.05) is 41.2 Å². The quantitative estimate of drug-likeness (QED) is 0.209. The number of rotatable bonds is 3. The first-order valence-electron chi connectivity index (χ1n) is 15.4. The highest BCUT2D eigenvalue weighted by molar-refractivity contribution is 6.25. The average Bonchev–Trinajstić information content (AvgIpc) is 3.35. The van der Waals surface area contributed by atoms with Gasteiger partial charge in [-0.1, -0.05) is 6.42 Å². The summed E-state index contributed by atoms with van der Waals surface area (Å²) in [5.74, 6) is -9.26. The van der Waals surface area contributed by atoms with E-state index < -0.39 is 93.1 Å². The number of nitrogens with two attached hydrogens (primary N) is 1. The van der Waals surface area contributed by atoms with Crippen molar-refractivity contribution in [3.63, 3.8) is 0 Å². The smallest absolute Gasteiger partial charge is 0.510 e. The minimum Gasteiger partial charge on any atom is -0.510 e. The Labute approximate surface area is 261 Å². The van der Waals surface area contributed by atoms with Crippen LogP contribution in [0.25, 0.3) is 0 Å². The number of amides is 1. The molecule has 3 heterocycles. The van der Waals surface area contributed by atoms with E-state index in [-0.39, 0.29) is 41.6 Å². The number of phenolic OH excluding ortho intramolecular Hbond substituents is 1. The summed E-state index contributed by atoms with van der Waals surface area (Å²) in [6.45, 7) is 1.02. The third-order valence-electron chi connectivity index (χ3n) is 11.0. The van der Waals surface area contributed by atoms with Gasteiger partial charge >= 0.3 is 6.36 Å². The minimum absolute atomic E-state index is 0.0598. The molecule has 0 bridgehead atoms. The van der Waals surface area contributed by atoms with Gasteiger partial charge in [-0.05, 0) is 64.6 Å². The number of nitrogens with zero attached hydrogens (tertiary/aromatic N) is 2.